The van der Waals surface area contributed by atoms with Gasteiger partial charge in [0.25, 0.3) is 5.91 Å². The molecule has 1 saturated heterocycles. The van der Waals surface area contributed by atoms with Crippen LogP contribution in [0.3, 0.4) is 0 Å². The molecule has 1 aliphatic rings. The van der Waals surface area contributed by atoms with Crippen molar-refractivity contribution >= 4 is 17.5 Å². The Bertz CT molecular complexity index is 525. The number of carbonyl (C=O) groups is 2. The highest BCUT2D eigenvalue weighted by Gasteiger charge is 2.24. The van der Waals surface area contributed by atoms with Crippen LogP contribution in [0.4, 0.5) is 5.69 Å². The third kappa shape index (κ3) is 3.84. The molecule has 1 atom stereocenters. The fourth-order valence-electron chi connectivity index (χ4n) is 2.58. The van der Waals surface area contributed by atoms with Crippen LogP contribution in [-0.4, -0.2) is 29.3 Å². The van der Waals surface area contributed by atoms with Gasteiger partial charge in [-0.2, -0.15) is 0 Å². The number of carbonyl (C=O) groups excluding carboxylic acids is 2. The van der Waals surface area contributed by atoms with Crippen molar-refractivity contribution in [1.82, 2.24) is 4.90 Å². The summed E-state index contributed by atoms with van der Waals surface area (Å²) in [6.07, 6.45) is 3.32. The van der Waals surface area contributed by atoms with E-state index in [9.17, 15) is 9.59 Å². The number of amides is 2. The van der Waals surface area contributed by atoms with Crippen LogP contribution in [0.1, 0.15) is 50.4 Å². The maximum atomic E-state index is 12.6. The van der Waals surface area contributed by atoms with Crippen molar-refractivity contribution in [3.8, 4) is 0 Å². The fourth-order valence-corrected chi connectivity index (χ4v) is 2.58. The van der Waals surface area contributed by atoms with Gasteiger partial charge in [0.2, 0.25) is 5.91 Å². The topological polar surface area (TPSA) is 49.4 Å². The summed E-state index contributed by atoms with van der Waals surface area (Å²) in [4.78, 5) is 26.3. The molecule has 0 unspecified atom stereocenters. The third-order valence-corrected chi connectivity index (χ3v) is 3.97. The van der Waals surface area contributed by atoms with Gasteiger partial charge in [-0.1, -0.05) is 19.9 Å². The number of likely N-dealkylation sites (tertiary alicyclic amines) is 1. The van der Waals surface area contributed by atoms with Gasteiger partial charge in [-0.15, -0.1) is 0 Å². The first kappa shape index (κ1) is 15.5. The smallest absolute Gasteiger partial charge is 0.254 e. The van der Waals surface area contributed by atoms with Gasteiger partial charge in [-0.3, -0.25) is 9.59 Å². The molecule has 0 aromatic heterocycles. The quantitative estimate of drug-likeness (QED) is 0.927. The van der Waals surface area contributed by atoms with E-state index in [1.54, 1.807) is 6.07 Å². The number of nitrogens with one attached hydrogen (secondary N) is 1. The fraction of sp³-hybridized carbons (Fsp3) is 0.529. The van der Waals surface area contributed by atoms with Crippen molar-refractivity contribution in [3.05, 3.63) is 29.8 Å². The normalized spacial score (nSPS) is 18.7. The van der Waals surface area contributed by atoms with Gasteiger partial charge in [0.15, 0.2) is 0 Å². The Kier molecular flexibility index (Phi) is 4.99. The predicted octanol–water partition coefficient (Wildman–Crippen LogP) is 3.30. The molecule has 1 heterocycles. The summed E-state index contributed by atoms with van der Waals surface area (Å²) < 4.78 is 0. The standard InChI is InChI=1S/C17H24N2O2/c1-12(2)16(20)18-15-9-6-8-14(11-15)17(21)19-10-5-4-7-13(19)3/h6,8-9,11-13H,4-5,7,10H2,1-3H3,(H,18,20)/t13-/m1/s1. The molecule has 0 saturated carbocycles. The summed E-state index contributed by atoms with van der Waals surface area (Å²) in [6, 6.07) is 7.51. The first-order chi connectivity index (χ1) is 9.99. The minimum Gasteiger partial charge on any atom is -0.336 e. The maximum Gasteiger partial charge on any atom is 0.254 e. The van der Waals surface area contributed by atoms with Gasteiger partial charge in [0.1, 0.15) is 0 Å². The molecule has 0 radical (unpaired) electrons. The molecule has 21 heavy (non-hydrogen) atoms. The molecular formula is C17H24N2O2. The number of anilines is 1. The molecule has 114 valence electrons. The molecule has 1 aromatic rings. The third-order valence-electron chi connectivity index (χ3n) is 3.97. The van der Waals surface area contributed by atoms with Gasteiger partial charge in [0.05, 0.1) is 0 Å². The average molecular weight is 288 g/mol. The van der Waals surface area contributed by atoms with E-state index in [-0.39, 0.29) is 17.7 Å². The lowest BCUT2D eigenvalue weighted by atomic mass is 10.0. The van der Waals surface area contributed by atoms with Crippen LogP contribution in [0.25, 0.3) is 0 Å². The second-order valence-electron chi connectivity index (χ2n) is 6.07. The average Bonchev–Trinajstić information content (AvgIpc) is 2.47. The molecule has 1 fully saturated rings. The Balaban J connectivity index is 2.13. The zero-order valence-corrected chi connectivity index (χ0v) is 13.1. The number of piperidine rings is 1. The van der Waals surface area contributed by atoms with Crippen LogP contribution in [0, 0.1) is 5.92 Å². The number of nitrogens with zero attached hydrogens (tertiary/aromatic N) is 1. The van der Waals surface area contributed by atoms with Gasteiger partial charge >= 0.3 is 0 Å². The second-order valence-corrected chi connectivity index (χ2v) is 6.07. The first-order valence-electron chi connectivity index (χ1n) is 7.71. The Morgan fingerprint density at radius 1 is 1.29 bits per heavy atom. The lowest BCUT2D eigenvalue weighted by molar-refractivity contribution is -0.118. The van der Waals surface area contributed by atoms with E-state index in [2.05, 4.69) is 12.2 Å². The van der Waals surface area contributed by atoms with Crippen LogP contribution < -0.4 is 5.32 Å². The van der Waals surface area contributed by atoms with E-state index in [1.165, 1.54) is 6.42 Å². The SMILES string of the molecule is CC(C)C(=O)Nc1cccc(C(=O)N2CCCC[C@H]2C)c1. The Hall–Kier alpha value is -1.84. The van der Waals surface area contributed by atoms with Crippen LogP contribution in [0.5, 0.6) is 0 Å². The summed E-state index contributed by atoms with van der Waals surface area (Å²) in [5, 5.41) is 2.84. The Morgan fingerprint density at radius 3 is 2.71 bits per heavy atom. The molecule has 0 aliphatic carbocycles. The Labute approximate surface area is 126 Å². The van der Waals surface area contributed by atoms with Crippen molar-refractivity contribution in [1.29, 1.82) is 0 Å². The molecule has 4 nitrogen and oxygen atoms in total. The van der Waals surface area contributed by atoms with Gasteiger partial charge in [-0.05, 0) is 44.4 Å². The van der Waals surface area contributed by atoms with Crippen molar-refractivity contribution in [3.63, 3.8) is 0 Å². The molecule has 0 spiro atoms. The molecule has 0 bridgehead atoms. The van der Waals surface area contributed by atoms with E-state index in [0.717, 1.165) is 19.4 Å². The van der Waals surface area contributed by atoms with E-state index >= 15 is 0 Å². The number of benzene rings is 1. The minimum atomic E-state index is -0.0773. The van der Waals surface area contributed by atoms with Gasteiger partial charge in [0, 0.05) is 29.8 Å². The van der Waals surface area contributed by atoms with Gasteiger partial charge < -0.3 is 10.2 Å². The zero-order chi connectivity index (χ0) is 15.4. The van der Waals surface area contributed by atoms with E-state index < -0.39 is 0 Å². The van der Waals surface area contributed by atoms with Crippen LogP contribution in [-0.2, 0) is 4.79 Å². The van der Waals surface area contributed by atoms with Crippen molar-refractivity contribution in [2.45, 2.75) is 46.1 Å². The number of rotatable bonds is 3. The lowest BCUT2D eigenvalue weighted by Gasteiger charge is -2.33. The largest absolute Gasteiger partial charge is 0.336 e. The molecule has 2 rings (SSSR count). The summed E-state index contributed by atoms with van der Waals surface area (Å²) in [6.45, 7) is 6.61. The zero-order valence-electron chi connectivity index (χ0n) is 13.1. The van der Waals surface area contributed by atoms with E-state index in [4.69, 9.17) is 0 Å². The van der Waals surface area contributed by atoms with E-state index in [0.29, 0.717) is 17.3 Å². The molecule has 1 aromatic carbocycles. The van der Waals surface area contributed by atoms with Crippen molar-refractivity contribution in [2.24, 2.45) is 5.92 Å². The van der Waals surface area contributed by atoms with Crippen LogP contribution in [0.15, 0.2) is 24.3 Å². The summed E-state index contributed by atoms with van der Waals surface area (Å²) in [5.74, 6) is -0.0553. The minimum absolute atomic E-state index is 0.0362. The highest BCUT2D eigenvalue weighted by atomic mass is 16.2. The molecule has 2 amide bonds. The summed E-state index contributed by atoms with van der Waals surface area (Å²) >= 11 is 0. The maximum absolute atomic E-state index is 12.6. The van der Waals surface area contributed by atoms with E-state index in [1.807, 2.05) is 36.9 Å². The Morgan fingerprint density at radius 2 is 2.05 bits per heavy atom. The van der Waals surface area contributed by atoms with Crippen molar-refractivity contribution in [2.75, 3.05) is 11.9 Å². The highest BCUT2D eigenvalue weighted by Crippen LogP contribution is 2.20. The van der Waals surface area contributed by atoms with Crippen LogP contribution in [0.2, 0.25) is 0 Å². The number of hydrogen-bond donors (Lipinski definition) is 1. The molecule has 1 aliphatic heterocycles. The van der Waals surface area contributed by atoms with Crippen LogP contribution >= 0.6 is 0 Å². The molecule has 1 N–H and O–H groups in total. The summed E-state index contributed by atoms with van der Waals surface area (Å²) in [5.41, 5.74) is 1.33. The summed E-state index contributed by atoms with van der Waals surface area (Å²) in [7, 11) is 0. The first-order valence-corrected chi connectivity index (χ1v) is 7.71. The monoisotopic (exact) mass is 288 g/mol. The lowest BCUT2D eigenvalue weighted by Crippen LogP contribution is -2.42. The van der Waals surface area contributed by atoms with Gasteiger partial charge in [-0.25, -0.2) is 0 Å². The molecular weight excluding hydrogens is 264 g/mol. The predicted molar refractivity (Wildman–Crippen MR) is 84.3 cm³/mol. The van der Waals surface area contributed by atoms with Crippen molar-refractivity contribution < 1.29 is 9.59 Å². The highest BCUT2D eigenvalue weighted by molar-refractivity contribution is 5.97. The number of hydrogen-bond acceptors (Lipinski definition) is 2. The second kappa shape index (κ2) is 6.74. The molecule has 4 heteroatoms.